The van der Waals surface area contributed by atoms with E-state index in [2.05, 4.69) is 21.9 Å². The summed E-state index contributed by atoms with van der Waals surface area (Å²) < 4.78 is 6.05. The lowest BCUT2D eigenvalue weighted by Crippen LogP contribution is -2.26. The minimum Gasteiger partial charge on any atom is -0.436 e. The SMILES string of the molecule is Cc1cccc(NC(=S)N/N=c2/oc3ccccc3cc2-c2ccccc2)c1. The van der Waals surface area contributed by atoms with Gasteiger partial charge >= 0.3 is 0 Å². The number of rotatable bonds is 3. The van der Waals surface area contributed by atoms with Crippen LogP contribution in [-0.4, -0.2) is 5.11 Å². The first-order chi connectivity index (χ1) is 13.7. The average molecular weight is 385 g/mol. The number of para-hydroxylation sites is 1. The van der Waals surface area contributed by atoms with Gasteiger partial charge in [-0.15, -0.1) is 5.10 Å². The Kier molecular flexibility index (Phi) is 5.17. The number of aryl methyl sites for hydroxylation is 1. The predicted octanol–water partition coefficient (Wildman–Crippen LogP) is 5.21. The summed E-state index contributed by atoms with van der Waals surface area (Å²) >= 11 is 5.38. The maximum Gasteiger partial charge on any atom is 0.244 e. The summed E-state index contributed by atoms with van der Waals surface area (Å²) in [7, 11) is 0. The summed E-state index contributed by atoms with van der Waals surface area (Å²) in [6, 6.07) is 28.0. The summed E-state index contributed by atoms with van der Waals surface area (Å²) in [6.45, 7) is 2.03. The fraction of sp³-hybridized carbons (Fsp3) is 0.0435. The Morgan fingerprint density at radius 3 is 2.50 bits per heavy atom. The average Bonchev–Trinajstić information content (AvgIpc) is 2.72. The van der Waals surface area contributed by atoms with Crippen LogP contribution >= 0.6 is 12.2 Å². The summed E-state index contributed by atoms with van der Waals surface area (Å²) in [4.78, 5) is 0. The zero-order chi connectivity index (χ0) is 19.3. The van der Waals surface area contributed by atoms with E-state index in [9.17, 15) is 0 Å². The smallest absolute Gasteiger partial charge is 0.244 e. The van der Waals surface area contributed by atoms with Gasteiger partial charge in [0, 0.05) is 16.6 Å². The molecule has 0 spiro atoms. The van der Waals surface area contributed by atoms with Crippen LogP contribution in [0.3, 0.4) is 0 Å². The Balaban J connectivity index is 1.69. The van der Waals surface area contributed by atoms with Gasteiger partial charge in [0.1, 0.15) is 5.58 Å². The third kappa shape index (κ3) is 4.10. The zero-order valence-corrected chi connectivity index (χ0v) is 16.2. The lowest BCUT2D eigenvalue weighted by Gasteiger charge is -2.08. The van der Waals surface area contributed by atoms with E-state index in [4.69, 9.17) is 16.6 Å². The molecule has 2 N–H and O–H groups in total. The summed E-state index contributed by atoms with van der Waals surface area (Å²) in [5.41, 5.74) is 8.11. The molecular formula is C23H19N3OS. The highest BCUT2D eigenvalue weighted by Gasteiger charge is 2.06. The van der Waals surface area contributed by atoms with E-state index in [1.165, 1.54) is 0 Å². The second-order valence-electron chi connectivity index (χ2n) is 6.42. The zero-order valence-electron chi connectivity index (χ0n) is 15.3. The second-order valence-corrected chi connectivity index (χ2v) is 6.82. The molecule has 4 rings (SSSR count). The molecule has 1 heterocycles. The summed E-state index contributed by atoms with van der Waals surface area (Å²) in [5, 5.41) is 8.98. The number of thiocarbonyl (C=S) groups is 1. The van der Waals surface area contributed by atoms with Gasteiger partial charge in [-0.1, -0.05) is 60.7 Å². The molecular weight excluding hydrogens is 366 g/mol. The Morgan fingerprint density at radius 1 is 0.893 bits per heavy atom. The maximum atomic E-state index is 6.05. The minimum absolute atomic E-state index is 0.396. The van der Waals surface area contributed by atoms with Gasteiger partial charge in [-0.25, -0.2) is 5.43 Å². The molecule has 5 heteroatoms. The number of anilines is 1. The molecule has 0 saturated carbocycles. The molecule has 28 heavy (non-hydrogen) atoms. The Morgan fingerprint density at radius 2 is 1.68 bits per heavy atom. The van der Waals surface area contributed by atoms with Crippen molar-refractivity contribution in [1.29, 1.82) is 0 Å². The fourth-order valence-electron chi connectivity index (χ4n) is 2.96. The lowest BCUT2D eigenvalue weighted by atomic mass is 10.1. The van der Waals surface area contributed by atoms with Crippen molar-refractivity contribution in [3.05, 3.63) is 96.0 Å². The van der Waals surface area contributed by atoms with Gasteiger partial charge < -0.3 is 9.73 Å². The first-order valence-corrected chi connectivity index (χ1v) is 9.35. The Bertz CT molecular complexity index is 1200. The molecule has 1 aromatic heterocycles. The monoisotopic (exact) mass is 385 g/mol. The summed E-state index contributed by atoms with van der Waals surface area (Å²) in [5.74, 6) is 0. The standard InChI is InChI=1S/C23H19N3OS/c1-16-8-7-12-19(14-16)24-23(28)26-25-22-20(17-9-3-2-4-10-17)15-18-11-5-6-13-21(18)27-22/h2-15H,1H3,(H2,24,26,28)/b25-22+. The van der Waals surface area contributed by atoms with Gasteiger partial charge in [0.25, 0.3) is 0 Å². The van der Waals surface area contributed by atoms with E-state index >= 15 is 0 Å². The van der Waals surface area contributed by atoms with Gasteiger partial charge in [-0.3, -0.25) is 0 Å². The molecule has 0 amide bonds. The molecule has 4 aromatic rings. The number of nitrogens with one attached hydrogen (secondary N) is 2. The van der Waals surface area contributed by atoms with Crippen LogP contribution in [0.15, 0.2) is 94.4 Å². The number of benzene rings is 3. The fourth-order valence-corrected chi connectivity index (χ4v) is 3.12. The van der Waals surface area contributed by atoms with Crippen molar-refractivity contribution >= 4 is 34.0 Å². The quantitative estimate of drug-likeness (QED) is 0.375. The molecule has 0 aliphatic rings. The van der Waals surface area contributed by atoms with Crippen LogP contribution in [0.5, 0.6) is 0 Å². The van der Waals surface area contributed by atoms with E-state index < -0.39 is 0 Å². The van der Waals surface area contributed by atoms with E-state index in [1.54, 1.807) is 0 Å². The topological polar surface area (TPSA) is 49.6 Å². The lowest BCUT2D eigenvalue weighted by molar-refractivity contribution is 0.533. The van der Waals surface area contributed by atoms with E-state index in [-0.39, 0.29) is 0 Å². The second kappa shape index (κ2) is 8.06. The highest BCUT2D eigenvalue weighted by atomic mass is 32.1. The first-order valence-electron chi connectivity index (χ1n) is 8.95. The highest BCUT2D eigenvalue weighted by molar-refractivity contribution is 7.80. The van der Waals surface area contributed by atoms with Crippen LogP contribution in [0.4, 0.5) is 5.69 Å². The maximum absolute atomic E-state index is 6.05. The number of fused-ring (bicyclic) bond motifs is 1. The highest BCUT2D eigenvalue weighted by Crippen LogP contribution is 2.20. The Labute approximate surface area is 168 Å². The molecule has 0 atom stereocenters. The Hall–Kier alpha value is -3.44. The molecule has 0 radical (unpaired) electrons. The molecule has 0 aliphatic heterocycles. The van der Waals surface area contributed by atoms with Crippen molar-refractivity contribution in [2.24, 2.45) is 5.10 Å². The molecule has 0 unspecified atom stereocenters. The molecule has 0 fully saturated rings. The van der Waals surface area contributed by atoms with E-state index in [1.807, 2.05) is 85.8 Å². The third-order valence-corrected chi connectivity index (χ3v) is 4.47. The summed E-state index contributed by atoms with van der Waals surface area (Å²) in [6.07, 6.45) is 0. The van der Waals surface area contributed by atoms with Crippen LogP contribution in [0, 0.1) is 6.92 Å². The van der Waals surface area contributed by atoms with Gasteiger partial charge in [0.2, 0.25) is 5.55 Å². The van der Waals surface area contributed by atoms with Gasteiger partial charge in [-0.05, 0) is 54.5 Å². The first kappa shape index (κ1) is 17.9. The van der Waals surface area contributed by atoms with Gasteiger partial charge in [0.15, 0.2) is 5.11 Å². The van der Waals surface area contributed by atoms with Crippen LogP contribution in [0.25, 0.3) is 22.1 Å². The normalized spacial score (nSPS) is 11.4. The number of nitrogens with zero attached hydrogens (tertiary/aromatic N) is 1. The van der Waals surface area contributed by atoms with Crippen LogP contribution < -0.4 is 16.3 Å². The van der Waals surface area contributed by atoms with Crippen molar-refractivity contribution in [2.75, 3.05) is 5.32 Å². The van der Waals surface area contributed by atoms with Crippen LogP contribution in [0.1, 0.15) is 5.56 Å². The minimum atomic E-state index is 0.396. The molecule has 3 aromatic carbocycles. The molecule has 0 aliphatic carbocycles. The molecule has 138 valence electrons. The number of hydrogen-bond acceptors (Lipinski definition) is 3. The van der Waals surface area contributed by atoms with Crippen molar-refractivity contribution < 1.29 is 4.42 Å². The van der Waals surface area contributed by atoms with Gasteiger partial charge in [0.05, 0.1) is 0 Å². The molecule has 0 saturated heterocycles. The van der Waals surface area contributed by atoms with E-state index in [0.717, 1.165) is 33.3 Å². The van der Waals surface area contributed by atoms with Gasteiger partial charge in [-0.2, -0.15) is 0 Å². The molecule has 4 nitrogen and oxygen atoms in total. The van der Waals surface area contributed by atoms with Crippen molar-refractivity contribution in [1.82, 2.24) is 5.43 Å². The van der Waals surface area contributed by atoms with Crippen LogP contribution in [-0.2, 0) is 0 Å². The third-order valence-electron chi connectivity index (χ3n) is 4.28. The van der Waals surface area contributed by atoms with Crippen molar-refractivity contribution in [3.63, 3.8) is 0 Å². The predicted molar refractivity (Wildman–Crippen MR) is 118 cm³/mol. The largest absolute Gasteiger partial charge is 0.436 e. The number of hydrogen-bond donors (Lipinski definition) is 2. The van der Waals surface area contributed by atoms with Crippen LogP contribution in [0.2, 0.25) is 0 Å². The van der Waals surface area contributed by atoms with Crippen molar-refractivity contribution in [3.8, 4) is 11.1 Å². The van der Waals surface area contributed by atoms with E-state index in [0.29, 0.717) is 10.7 Å². The molecule has 0 bridgehead atoms. The van der Waals surface area contributed by atoms with Crippen molar-refractivity contribution in [2.45, 2.75) is 6.92 Å².